The zero-order valence-corrected chi connectivity index (χ0v) is 14.9. The van der Waals surface area contributed by atoms with Crippen molar-refractivity contribution < 1.29 is 26.3 Å². The van der Waals surface area contributed by atoms with Crippen LogP contribution in [0.5, 0.6) is 0 Å². The van der Waals surface area contributed by atoms with Crippen LogP contribution >= 0.6 is 41.5 Å². The summed E-state index contributed by atoms with van der Waals surface area (Å²) >= 11 is 1.03. The van der Waals surface area contributed by atoms with Crippen molar-refractivity contribution in [3.8, 4) is 0 Å². The largest absolute Gasteiger partial charge is 0.473 e. The van der Waals surface area contributed by atoms with Gasteiger partial charge in [0, 0.05) is 12.4 Å². The molecule has 10 nitrogen and oxygen atoms in total. The molecular formula is C6H4Cl2N6O4PtS2. The van der Waals surface area contributed by atoms with E-state index in [1.54, 1.807) is 0 Å². The fourth-order valence-electron chi connectivity index (χ4n) is 0.700. The second-order valence-corrected chi connectivity index (χ2v) is 7.87. The van der Waals surface area contributed by atoms with Gasteiger partial charge < -0.3 is 21.4 Å². The van der Waals surface area contributed by atoms with Crippen molar-refractivity contribution in [1.29, 1.82) is 0 Å². The molecule has 0 aliphatic heterocycles. The second-order valence-electron chi connectivity index (χ2n) is 2.57. The molecule has 0 fully saturated rings. The molecule has 0 atom stereocenters. The maximum Gasteiger partial charge on any atom is 0.319 e. The molecule has 0 saturated heterocycles. The van der Waals surface area contributed by atoms with Gasteiger partial charge in [0.05, 0.1) is 9.85 Å². The third-order valence-corrected chi connectivity index (χ3v) is 2.87. The van der Waals surface area contributed by atoms with E-state index >= 15 is 0 Å². The summed E-state index contributed by atoms with van der Waals surface area (Å²) in [6.45, 7) is 0. The van der Waals surface area contributed by atoms with E-state index in [1.165, 1.54) is 0 Å². The zero-order valence-electron chi connectivity index (χ0n) is 9.47. The van der Waals surface area contributed by atoms with Gasteiger partial charge in [-0.15, -0.1) is 0 Å². The summed E-state index contributed by atoms with van der Waals surface area (Å²) in [5.74, 6) is 0. The number of rotatable bonds is 2. The van der Waals surface area contributed by atoms with E-state index in [4.69, 9.17) is 30.3 Å². The van der Waals surface area contributed by atoms with Gasteiger partial charge in [-0.1, -0.05) is 22.7 Å². The summed E-state index contributed by atoms with van der Waals surface area (Å²) in [7, 11) is 9.75. The molecule has 0 aliphatic carbocycles. The maximum atomic E-state index is 9.91. The van der Waals surface area contributed by atoms with Crippen LogP contribution in [0.3, 0.4) is 0 Å². The average molecular weight is 554 g/mol. The summed E-state index contributed by atoms with van der Waals surface area (Å²) in [5, 5.41) is 19.6. The molecule has 2 aromatic rings. The van der Waals surface area contributed by atoms with Crippen LogP contribution in [0.1, 0.15) is 0 Å². The minimum Gasteiger partial charge on any atom is -0.473 e. The maximum absolute atomic E-state index is 9.91. The molecule has 0 saturated carbocycles. The Morgan fingerprint density at radius 1 is 1.00 bits per heavy atom. The number of nitrogens with zero attached hydrogens (tertiary/aromatic N) is 4. The molecule has 0 spiro atoms. The molecule has 2 aromatic heterocycles. The minimum atomic E-state index is -0.560. The third-order valence-electron chi connectivity index (χ3n) is 1.35. The molecule has 0 radical (unpaired) electrons. The van der Waals surface area contributed by atoms with Crippen molar-refractivity contribution in [3.63, 3.8) is 0 Å². The molecule has 21 heavy (non-hydrogen) atoms. The third kappa shape index (κ3) is 8.73. The van der Waals surface area contributed by atoms with Crippen LogP contribution in [0.15, 0.2) is 12.4 Å². The predicted octanol–water partition coefficient (Wildman–Crippen LogP) is 4.85. The summed E-state index contributed by atoms with van der Waals surface area (Å²) in [6, 6.07) is 0. The number of hydrogen-bond acceptors (Lipinski definition) is 8. The Bertz CT molecular complexity index is 545. The number of nitro groups is 2. The Labute approximate surface area is 141 Å². The van der Waals surface area contributed by atoms with Crippen LogP contribution in [0.4, 0.5) is 20.3 Å². The van der Waals surface area contributed by atoms with Gasteiger partial charge in [-0.2, -0.15) is 0 Å². The van der Waals surface area contributed by atoms with Crippen LogP contribution < -0.4 is 0 Å². The Kier molecular flexibility index (Phi) is 10.1. The van der Waals surface area contributed by atoms with Crippen molar-refractivity contribution in [3.05, 3.63) is 44.1 Å². The number of nitrogens with one attached hydrogen (secondary N) is 2. The summed E-state index contributed by atoms with van der Waals surface area (Å²) in [6.07, 6.45) is 2.15. The molecule has 2 N–H and O–H groups in total. The molecule has 0 aromatic carbocycles. The van der Waals surface area contributed by atoms with Gasteiger partial charge in [0.15, 0.2) is 0 Å². The van der Waals surface area contributed by atoms with E-state index in [-0.39, 0.29) is 20.3 Å². The van der Waals surface area contributed by atoms with Crippen LogP contribution in [-0.2, 0) is 16.5 Å². The molecule has 0 unspecified atom stereocenters. The topological polar surface area (TPSA) is 160 Å². The molecule has 0 amide bonds. The first-order chi connectivity index (χ1) is 9.81. The number of aromatic nitrogens is 2. The van der Waals surface area contributed by atoms with Crippen molar-refractivity contribution in [2.24, 2.45) is 0 Å². The SMILES string of the molecule is [Cl][Pt+2][Cl].[NH-]c1ncc([N+](=O)[O-])s1.[NH-]c1ncc([N+](=O)[O-])s1. The Morgan fingerprint density at radius 3 is 1.38 bits per heavy atom. The monoisotopic (exact) mass is 553 g/mol. The first-order valence-electron chi connectivity index (χ1n) is 4.27. The first kappa shape index (κ1) is 19.9. The molecule has 2 rings (SSSR count). The normalized spacial score (nSPS) is 9.05. The van der Waals surface area contributed by atoms with Gasteiger partial charge in [0.2, 0.25) is 0 Å². The minimum absolute atomic E-state index is 0.0262. The van der Waals surface area contributed by atoms with Gasteiger partial charge in [0.25, 0.3) is 0 Å². The fourth-order valence-corrected chi connectivity index (χ4v) is 1.67. The predicted molar refractivity (Wildman–Crippen MR) is 77.2 cm³/mol. The molecular weight excluding hydrogens is 550 g/mol. The van der Waals surface area contributed by atoms with Gasteiger partial charge in [-0.3, -0.25) is 20.2 Å². The fraction of sp³-hybridized carbons (Fsp3) is 0. The van der Waals surface area contributed by atoms with E-state index < -0.39 is 26.3 Å². The van der Waals surface area contributed by atoms with Gasteiger partial charge >= 0.3 is 45.3 Å². The van der Waals surface area contributed by atoms with Crippen LogP contribution in [0.2, 0.25) is 0 Å². The van der Waals surface area contributed by atoms with E-state index in [9.17, 15) is 20.2 Å². The van der Waals surface area contributed by atoms with E-state index in [0.717, 1.165) is 35.1 Å². The Balaban J connectivity index is 0.000000322. The van der Waals surface area contributed by atoms with E-state index in [2.05, 4.69) is 9.97 Å². The van der Waals surface area contributed by atoms with Crippen LogP contribution in [-0.4, -0.2) is 19.8 Å². The smallest absolute Gasteiger partial charge is 0.319 e. The van der Waals surface area contributed by atoms with Gasteiger partial charge in [-0.05, 0) is 10.3 Å². The number of halogens is 2. The molecule has 118 valence electrons. The molecule has 15 heteroatoms. The zero-order chi connectivity index (χ0) is 16.4. The second kappa shape index (κ2) is 10.6. The average Bonchev–Trinajstić information content (AvgIpc) is 3.00. The summed E-state index contributed by atoms with van der Waals surface area (Å²) < 4.78 is 0. The molecule has 0 bridgehead atoms. The van der Waals surface area contributed by atoms with E-state index in [1.807, 2.05) is 0 Å². The quantitative estimate of drug-likeness (QED) is 0.381. The van der Waals surface area contributed by atoms with E-state index in [0.29, 0.717) is 0 Å². The van der Waals surface area contributed by atoms with Crippen molar-refractivity contribution in [2.75, 3.05) is 0 Å². The van der Waals surface area contributed by atoms with Gasteiger partial charge in [-0.25, -0.2) is 0 Å². The van der Waals surface area contributed by atoms with Crippen molar-refractivity contribution in [2.45, 2.75) is 0 Å². The van der Waals surface area contributed by atoms with Crippen molar-refractivity contribution >= 4 is 61.8 Å². The van der Waals surface area contributed by atoms with Crippen molar-refractivity contribution in [1.82, 2.24) is 9.97 Å². The Morgan fingerprint density at radius 2 is 1.29 bits per heavy atom. The summed E-state index contributed by atoms with van der Waals surface area (Å²) in [4.78, 5) is 25.5. The van der Waals surface area contributed by atoms with Gasteiger partial charge in [0.1, 0.15) is 0 Å². The standard InChI is InChI=1S/2C3H2N3O2S.2ClH.Pt/c2*4-3-5-1-2(9-3)6(7)8;;;/h2*1H,(H-,4,5);2*1H;/q2*-1;;;+4/p-2. The number of thiazole rings is 2. The number of hydrogen-bond donors (Lipinski definition) is 0. The molecule has 2 heterocycles. The first-order valence-corrected chi connectivity index (χ1v) is 11.5. The Hall–Kier alpha value is -1.07. The van der Waals surface area contributed by atoms with Crippen LogP contribution in [0, 0.1) is 20.2 Å². The summed E-state index contributed by atoms with van der Waals surface area (Å²) in [5.41, 5.74) is 13.6. The van der Waals surface area contributed by atoms with Crippen LogP contribution in [0.25, 0.3) is 11.5 Å². The molecule has 0 aliphatic rings.